The SMILES string of the molecule is CCC/C=C/CC/C=C/CC/C=C/CCCC(O)C(O)C(COC1OC(CO)C(O)C(O)C1O)NC(=O)C(O)CCCCCCCC/C=C\CCCCCCCCCCCCCC. The van der Waals surface area contributed by atoms with E-state index in [1.807, 2.05) is 0 Å². The molecule has 0 saturated carbocycles. The normalized spacial score (nSPS) is 21.6. The van der Waals surface area contributed by atoms with Crippen LogP contribution in [0.15, 0.2) is 48.6 Å². The van der Waals surface area contributed by atoms with Crippen molar-refractivity contribution in [3.8, 4) is 0 Å². The maximum Gasteiger partial charge on any atom is 0.249 e. The summed E-state index contributed by atoms with van der Waals surface area (Å²) >= 11 is 0. The molecule has 1 rings (SSSR count). The zero-order valence-corrected chi connectivity index (χ0v) is 39.8. The first-order chi connectivity index (χ1) is 30.7. The average Bonchev–Trinajstić information content (AvgIpc) is 3.28. The fourth-order valence-corrected chi connectivity index (χ4v) is 7.83. The number of aliphatic hydroxyl groups is 7. The standard InChI is InChI=1S/C52H95NO10/c1-3-5-7-9-11-13-15-17-19-20-21-22-23-24-25-26-28-30-32-34-36-38-40-45(56)51(61)53-43(42-62-52-50(60)49(59)48(58)46(41-54)63-52)47(57)44(55)39-37-35-33-31-29-27-18-16-14-12-10-8-6-4-2/h8,10,16,18,24-25,31,33,43-50,52,54-60H,3-7,9,11-15,17,19-23,26-30,32,34-42H2,1-2H3,(H,53,61)/b10-8+,18-16+,25-24-,33-31+. The second-order valence-corrected chi connectivity index (χ2v) is 17.9. The number of aliphatic hydroxyl groups excluding tert-OH is 7. The number of allylic oxidation sites excluding steroid dienone is 8. The molecule has 0 radical (unpaired) electrons. The Labute approximate surface area is 383 Å². The molecule has 9 unspecified atom stereocenters. The molecule has 1 aliphatic heterocycles. The van der Waals surface area contributed by atoms with Crippen molar-refractivity contribution >= 4 is 5.91 Å². The van der Waals surface area contributed by atoms with Gasteiger partial charge in [0, 0.05) is 0 Å². The van der Waals surface area contributed by atoms with Gasteiger partial charge in [0.15, 0.2) is 6.29 Å². The molecule has 0 aromatic rings. The molecule has 1 amide bonds. The van der Waals surface area contributed by atoms with Crippen LogP contribution >= 0.6 is 0 Å². The Bertz CT molecular complexity index is 1160. The Morgan fingerprint density at radius 2 is 0.984 bits per heavy atom. The Morgan fingerprint density at radius 1 is 0.540 bits per heavy atom. The number of rotatable bonds is 42. The molecule has 0 aromatic heterocycles. The van der Waals surface area contributed by atoms with E-state index in [2.05, 4.69) is 67.8 Å². The molecule has 1 fully saturated rings. The van der Waals surface area contributed by atoms with Gasteiger partial charge in [0.05, 0.1) is 25.4 Å². The van der Waals surface area contributed by atoms with E-state index in [1.165, 1.54) is 89.9 Å². The van der Waals surface area contributed by atoms with Crippen molar-refractivity contribution in [3.63, 3.8) is 0 Å². The highest BCUT2D eigenvalue weighted by Gasteiger charge is 2.44. The number of carbonyl (C=O) groups is 1. The van der Waals surface area contributed by atoms with Crippen LogP contribution in [-0.2, 0) is 14.3 Å². The summed E-state index contributed by atoms with van der Waals surface area (Å²) in [6.07, 6.45) is 38.8. The van der Waals surface area contributed by atoms with Gasteiger partial charge in [-0.2, -0.15) is 0 Å². The third kappa shape index (κ3) is 30.8. The van der Waals surface area contributed by atoms with E-state index in [0.29, 0.717) is 19.3 Å². The molecule has 0 bridgehead atoms. The van der Waals surface area contributed by atoms with Gasteiger partial charge in [0.2, 0.25) is 5.91 Å². The van der Waals surface area contributed by atoms with Gasteiger partial charge in [-0.3, -0.25) is 4.79 Å². The molecule has 9 atom stereocenters. The first-order valence-electron chi connectivity index (χ1n) is 25.5. The highest BCUT2D eigenvalue weighted by Crippen LogP contribution is 2.23. The highest BCUT2D eigenvalue weighted by molar-refractivity contribution is 5.80. The summed E-state index contributed by atoms with van der Waals surface area (Å²) in [6, 6.07) is -1.20. The van der Waals surface area contributed by atoms with Crippen LogP contribution in [0.2, 0.25) is 0 Å². The molecular weight excluding hydrogens is 799 g/mol. The fourth-order valence-electron chi connectivity index (χ4n) is 7.83. The maximum atomic E-state index is 13.1. The van der Waals surface area contributed by atoms with Crippen molar-refractivity contribution in [1.29, 1.82) is 0 Å². The van der Waals surface area contributed by atoms with Crippen LogP contribution in [0.25, 0.3) is 0 Å². The second-order valence-electron chi connectivity index (χ2n) is 17.9. The Balaban J connectivity index is 2.40. The van der Waals surface area contributed by atoms with Crippen LogP contribution in [0, 0.1) is 0 Å². The molecule has 11 heteroatoms. The van der Waals surface area contributed by atoms with Crippen molar-refractivity contribution in [2.75, 3.05) is 13.2 Å². The van der Waals surface area contributed by atoms with Crippen LogP contribution in [-0.4, -0.2) is 110 Å². The van der Waals surface area contributed by atoms with Gasteiger partial charge in [0.1, 0.15) is 36.6 Å². The van der Waals surface area contributed by atoms with E-state index < -0.39 is 74.2 Å². The molecule has 8 N–H and O–H groups in total. The Hall–Kier alpha value is -1.93. The van der Waals surface area contributed by atoms with Crippen LogP contribution in [0.4, 0.5) is 0 Å². The lowest BCUT2D eigenvalue weighted by molar-refractivity contribution is -0.303. The molecule has 11 nitrogen and oxygen atoms in total. The van der Waals surface area contributed by atoms with Gasteiger partial charge in [0.25, 0.3) is 0 Å². The minimum Gasteiger partial charge on any atom is -0.394 e. The predicted molar refractivity (Wildman–Crippen MR) is 256 cm³/mol. The van der Waals surface area contributed by atoms with Gasteiger partial charge in [-0.15, -0.1) is 0 Å². The average molecular weight is 894 g/mol. The number of ether oxygens (including phenoxy) is 2. The van der Waals surface area contributed by atoms with Crippen LogP contribution in [0.3, 0.4) is 0 Å². The van der Waals surface area contributed by atoms with E-state index in [0.717, 1.165) is 70.6 Å². The van der Waals surface area contributed by atoms with Gasteiger partial charge in [-0.1, -0.05) is 172 Å². The van der Waals surface area contributed by atoms with Crippen molar-refractivity contribution in [2.45, 2.75) is 262 Å². The number of carbonyl (C=O) groups excluding carboxylic acids is 1. The summed E-state index contributed by atoms with van der Waals surface area (Å²) in [7, 11) is 0. The largest absolute Gasteiger partial charge is 0.394 e. The van der Waals surface area contributed by atoms with E-state index in [1.54, 1.807) is 0 Å². The van der Waals surface area contributed by atoms with E-state index in [9.17, 15) is 40.5 Å². The molecular formula is C52H95NO10. The van der Waals surface area contributed by atoms with Gasteiger partial charge >= 0.3 is 0 Å². The third-order valence-corrected chi connectivity index (χ3v) is 12.0. The Kier molecular flexibility index (Phi) is 38.9. The number of hydrogen-bond donors (Lipinski definition) is 8. The molecule has 1 saturated heterocycles. The molecule has 1 heterocycles. The first kappa shape index (κ1) is 59.1. The predicted octanol–water partition coefficient (Wildman–Crippen LogP) is 9.34. The van der Waals surface area contributed by atoms with Crippen molar-refractivity contribution < 1.29 is 50.0 Å². The molecule has 368 valence electrons. The molecule has 63 heavy (non-hydrogen) atoms. The van der Waals surface area contributed by atoms with E-state index in [4.69, 9.17) is 9.47 Å². The summed E-state index contributed by atoms with van der Waals surface area (Å²) in [5, 5.41) is 75.8. The topological polar surface area (TPSA) is 189 Å². The van der Waals surface area contributed by atoms with Crippen LogP contribution in [0.1, 0.15) is 206 Å². The van der Waals surface area contributed by atoms with Gasteiger partial charge in [-0.25, -0.2) is 0 Å². The summed E-state index contributed by atoms with van der Waals surface area (Å²) < 4.78 is 11.1. The smallest absolute Gasteiger partial charge is 0.249 e. The minimum absolute atomic E-state index is 0.238. The van der Waals surface area contributed by atoms with Crippen molar-refractivity contribution in [1.82, 2.24) is 5.32 Å². The lowest BCUT2D eigenvalue weighted by atomic mass is 9.98. The first-order valence-corrected chi connectivity index (χ1v) is 25.5. The third-order valence-electron chi connectivity index (χ3n) is 12.0. The van der Waals surface area contributed by atoms with E-state index in [-0.39, 0.29) is 12.8 Å². The summed E-state index contributed by atoms with van der Waals surface area (Å²) in [5.41, 5.74) is 0. The molecule has 0 aromatic carbocycles. The quantitative estimate of drug-likeness (QED) is 0.0217. The zero-order chi connectivity index (χ0) is 46.2. The lowest BCUT2D eigenvalue weighted by Gasteiger charge is -2.40. The number of nitrogens with one attached hydrogen (secondary N) is 1. The second kappa shape index (κ2) is 41.5. The van der Waals surface area contributed by atoms with Crippen molar-refractivity contribution in [3.05, 3.63) is 48.6 Å². The zero-order valence-electron chi connectivity index (χ0n) is 39.8. The molecule has 0 spiro atoms. The van der Waals surface area contributed by atoms with Crippen molar-refractivity contribution in [2.24, 2.45) is 0 Å². The van der Waals surface area contributed by atoms with Crippen LogP contribution < -0.4 is 5.32 Å². The molecule has 1 aliphatic rings. The summed E-state index contributed by atoms with van der Waals surface area (Å²) in [6.45, 7) is 3.35. The monoisotopic (exact) mass is 894 g/mol. The summed E-state index contributed by atoms with van der Waals surface area (Å²) in [4.78, 5) is 13.1. The lowest BCUT2D eigenvalue weighted by Crippen LogP contribution is -2.60. The maximum absolute atomic E-state index is 13.1. The number of amides is 1. The van der Waals surface area contributed by atoms with Gasteiger partial charge in [-0.05, 0) is 83.5 Å². The fraction of sp³-hybridized carbons (Fsp3) is 0.827. The molecule has 0 aliphatic carbocycles. The van der Waals surface area contributed by atoms with Crippen LogP contribution in [0.5, 0.6) is 0 Å². The minimum atomic E-state index is -1.67. The van der Waals surface area contributed by atoms with E-state index >= 15 is 0 Å². The summed E-state index contributed by atoms with van der Waals surface area (Å²) in [5.74, 6) is -0.719. The number of hydrogen-bond acceptors (Lipinski definition) is 10. The Morgan fingerprint density at radius 3 is 1.48 bits per heavy atom. The number of unbranched alkanes of at least 4 members (excludes halogenated alkanes) is 22. The van der Waals surface area contributed by atoms with Gasteiger partial charge < -0.3 is 50.5 Å². The highest BCUT2D eigenvalue weighted by atomic mass is 16.7.